The summed E-state index contributed by atoms with van der Waals surface area (Å²) in [5, 5.41) is 51.5. The van der Waals surface area contributed by atoms with Gasteiger partial charge in [0.25, 0.3) is 0 Å². The third-order valence-electron chi connectivity index (χ3n) is 6.41. The lowest BCUT2D eigenvalue weighted by Gasteiger charge is -2.22. The van der Waals surface area contributed by atoms with Crippen molar-refractivity contribution in [3.8, 4) is 57.3 Å². The van der Waals surface area contributed by atoms with Crippen LogP contribution in [0.3, 0.4) is 0 Å². The molecule has 3 aromatic carbocycles. The van der Waals surface area contributed by atoms with Crippen molar-refractivity contribution in [1.29, 1.82) is 0 Å². The van der Waals surface area contributed by atoms with Gasteiger partial charge in [0, 0.05) is 23.1 Å². The van der Waals surface area contributed by atoms with Crippen LogP contribution >= 0.6 is 0 Å². The van der Waals surface area contributed by atoms with E-state index < -0.39 is 57.2 Å². The summed E-state index contributed by atoms with van der Waals surface area (Å²) < 4.78 is 27.0. The highest BCUT2D eigenvalue weighted by Crippen LogP contribution is 2.48. The third kappa shape index (κ3) is 4.70. The van der Waals surface area contributed by atoms with E-state index in [1.807, 2.05) is 0 Å². The fourth-order valence-electron chi connectivity index (χ4n) is 4.48. The molecule has 4 aromatic rings. The van der Waals surface area contributed by atoms with Crippen molar-refractivity contribution in [2.24, 2.45) is 0 Å². The van der Waals surface area contributed by atoms with Crippen LogP contribution in [0, 0.1) is 0 Å². The topological polar surface area (TPSA) is 185 Å². The summed E-state index contributed by atoms with van der Waals surface area (Å²) in [6.45, 7) is 0. The third-order valence-corrected chi connectivity index (χ3v) is 6.41. The van der Waals surface area contributed by atoms with Gasteiger partial charge < -0.3 is 48.9 Å². The second-order valence-electron chi connectivity index (χ2n) is 8.64. The number of esters is 1. The van der Waals surface area contributed by atoms with Crippen molar-refractivity contribution in [1.82, 2.24) is 0 Å². The second-order valence-corrected chi connectivity index (χ2v) is 8.64. The summed E-state index contributed by atoms with van der Waals surface area (Å²) in [6.07, 6.45) is -0.373. The molecule has 0 spiro atoms. The van der Waals surface area contributed by atoms with Crippen LogP contribution in [0.4, 0.5) is 0 Å². The van der Waals surface area contributed by atoms with Gasteiger partial charge in [0.15, 0.2) is 28.8 Å². The summed E-state index contributed by atoms with van der Waals surface area (Å²) in [4.78, 5) is 25.8. The highest BCUT2D eigenvalue weighted by Gasteiger charge is 2.31. The van der Waals surface area contributed by atoms with Gasteiger partial charge in [0.05, 0.1) is 34.9 Å². The van der Waals surface area contributed by atoms with Crippen molar-refractivity contribution in [3.63, 3.8) is 0 Å². The number of fused-ring (bicyclic) bond motifs is 1. The number of phenols is 4. The number of hydrogen-bond donors (Lipinski definition) is 5. The monoisotopic (exact) mass is 554 g/mol. The molecule has 1 atom stereocenters. The van der Waals surface area contributed by atoms with Gasteiger partial charge in [-0.2, -0.15) is 0 Å². The van der Waals surface area contributed by atoms with Crippen LogP contribution in [0.25, 0.3) is 22.3 Å². The smallest absolute Gasteiger partial charge is 0.306 e. The summed E-state index contributed by atoms with van der Waals surface area (Å²) in [7, 11) is 5.38. The number of carbonyl (C=O) groups is 1. The summed E-state index contributed by atoms with van der Waals surface area (Å²) >= 11 is 0. The van der Waals surface area contributed by atoms with Gasteiger partial charge in [-0.25, -0.2) is 0 Å². The normalized spacial score (nSPS) is 11.7. The lowest BCUT2D eigenvalue weighted by molar-refractivity contribution is -0.140. The predicted molar refractivity (Wildman–Crippen MR) is 141 cm³/mol. The molecule has 12 heteroatoms. The summed E-state index contributed by atoms with van der Waals surface area (Å²) in [6, 6.07) is 7.39. The van der Waals surface area contributed by atoms with E-state index in [1.165, 1.54) is 46.6 Å². The molecule has 0 bridgehead atoms. The molecule has 0 saturated heterocycles. The molecule has 1 heterocycles. The molecule has 0 aliphatic rings. The molecule has 1 aromatic heterocycles. The van der Waals surface area contributed by atoms with E-state index in [0.29, 0.717) is 5.56 Å². The Balaban J connectivity index is 2.12. The average Bonchev–Trinajstić information content (AvgIpc) is 2.94. The SMILES string of the molecule is COC(=O)CC(c1cc(OC)c(OC)c(OC)c1)c1c(O)cc(O)c2c(=O)c(O)c(-c3ccc(O)c(O)c3)oc12. The molecular formula is C28H26O12. The molecule has 0 saturated carbocycles. The van der Waals surface area contributed by atoms with Gasteiger partial charge >= 0.3 is 5.97 Å². The van der Waals surface area contributed by atoms with Crippen molar-refractivity contribution in [2.75, 3.05) is 28.4 Å². The molecule has 4 rings (SSSR count). The van der Waals surface area contributed by atoms with Crippen LogP contribution in [0.1, 0.15) is 23.5 Å². The zero-order valence-corrected chi connectivity index (χ0v) is 21.8. The highest BCUT2D eigenvalue weighted by atomic mass is 16.5. The van der Waals surface area contributed by atoms with E-state index in [2.05, 4.69) is 0 Å². The molecule has 5 N–H and O–H groups in total. The first kappa shape index (κ1) is 27.8. The van der Waals surface area contributed by atoms with E-state index in [0.717, 1.165) is 18.2 Å². The van der Waals surface area contributed by atoms with Crippen molar-refractivity contribution < 1.29 is 53.7 Å². The minimum atomic E-state index is -1.07. The molecule has 0 aliphatic carbocycles. The molecule has 40 heavy (non-hydrogen) atoms. The van der Waals surface area contributed by atoms with E-state index in [4.69, 9.17) is 23.4 Å². The van der Waals surface area contributed by atoms with Gasteiger partial charge in [-0.3, -0.25) is 9.59 Å². The lowest BCUT2D eigenvalue weighted by atomic mass is 9.86. The number of benzene rings is 3. The molecule has 1 unspecified atom stereocenters. The Labute approximate surface area is 226 Å². The minimum Gasteiger partial charge on any atom is -0.507 e. The second kappa shape index (κ2) is 10.8. The van der Waals surface area contributed by atoms with E-state index >= 15 is 0 Å². The highest BCUT2D eigenvalue weighted by molar-refractivity contribution is 5.92. The first-order valence-electron chi connectivity index (χ1n) is 11.7. The maximum Gasteiger partial charge on any atom is 0.306 e. The van der Waals surface area contributed by atoms with Crippen LogP contribution in [0.15, 0.2) is 45.6 Å². The Morgan fingerprint density at radius 3 is 2.02 bits per heavy atom. The molecule has 0 radical (unpaired) electrons. The van der Waals surface area contributed by atoms with Gasteiger partial charge in [-0.05, 0) is 35.9 Å². The van der Waals surface area contributed by atoms with Gasteiger partial charge in [0.1, 0.15) is 22.5 Å². The van der Waals surface area contributed by atoms with Gasteiger partial charge in [-0.15, -0.1) is 0 Å². The van der Waals surface area contributed by atoms with Gasteiger partial charge in [0.2, 0.25) is 16.9 Å². The number of aromatic hydroxyl groups is 5. The van der Waals surface area contributed by atoms with Crippen LogP contribution in [0.2, 0.25) is 0 Å². The number of carbonyl (C=O) groups excluding carboxylic acids is 1. The fourth-order valence-corrected chi connectivity index (χ4v) is 4.48. The largest absolute Gasteiger partial charge is 0.507 e. The van der Waals surface area contributed by atoms with E-state index in [1.54, 1.807) is 0 Å². The minimum absolute atomic E-state index is 0.00196. The van der Waals surface area contributed by atoms with E-state index in [-0.39, 0.29) is 40.4 Å². The fraction of sp³-hybridized carbons (Fsp3) is 0.214. The number of rotatable bonds is 8. The zero-order valence-electron chi connectivity index (χ0n) is 21.8. The Bertz CT molecular complexity index is 1650. The van der Waals surface area contributed by atoms with Crippen LogP contribution < -0.4 is 19.6 Å². The van der Waals surface area contributed by atoms with Crippen LogP contribution in [-0.4, -0.2) is 59.9 Å². The molecule has 0 aliphatic heterocycles. The first-order valence-corrected chi connectivity index (χ1v) is 11.7. The Hall–Kier alpha value is -5.26. The van der Waals surface area contributed by atoms with Crippen molar-refractivity contribution in [2.45, 2.75) is 12.3 Å². The Kier molecular flexibility index (Phi) is 7.53. The quantitative estimate of drug-likeness (QED) is 0.157. The standard InChI is InChI=1S/C28H26O12/c1-36-19-8-13(9-20(37-2)27(19)39-4)14(10-21(33)38-3)22-17(31)11-18(32)23-24(34)25(35)26(40-28(22)23)12-5-6-15(29)16(30)7-12/h5-9,11,14,29-32,35H,10H2,1-4H3. The molecule has 12 nitrogen and oxygen atoms in total. The van der Waals surface area contributed by atoms with Crippen LogP contribution in [0.5, 0.6) is 46.0 Å². The Morgan fingerprint density at radius 1 is 0.825 bits per heavy atom. The lowest BCUT2D eigenvalue weighted by Crippen LogP contribution is -2.13. The summed E-state index contributed by atoms with van der Waals surface area (Å²) in [5.74, 6) is -4.62. The molecule has 210 valence electrons. The molecule has 0 fully saturated rings. The van der Waals surface area contributed by atoms with Gasteiger partial charge in [-0.1, -0.05) is 0 Å². The first-order chi connectivity index (χ1) is 19.1. The average molecular weight is 555 g/mol. The predicted octanol–water partition coefficient (Wildman–Crippen LogP) is 3.71. The number of hydrogen-bond acceptors (Lipinski definition) is 12. The van der Waals surface area contributed by atoms with Crippen molar-refractivity contribution >= 4 is 16.9 Å². The number of phenolic OH excluding ortho intramolecular Hbond substituents is 4. The Morgan fingerprint density at radius 2 is 1.48 bits per heavy atom. The number of ether oxygens (including phenoxy) is 4. The zero-order chi connectivity index (χ0) is 29.3. The summed E-state index contributed by atoms with van der Waals surface area (Å²) in [5.41, 5.74) is -1.16. The van der Waals surface area contributed by atoms with Crippen LogP contribution in [-0.2, 0) is 9.53 Å². The maximum absolute atomic E-state index is 13.3. The maximum atomic E-state index is 13.3. The van der Waals surface area contributed by atoms with Crippen molar-refractivity contribution in [3.05, 3.63) is 57.7 Å². The molecule has 0 amide bonds. The molecular weight excluding hydrogens is 528 g/mol. The van der Waals surface area contributed by atoms with E-state index in [9.17, 15) is 35.1 Å². The number of methoxy groups -OCH3 is 4.